The SMILES string of the molecule is c1ccc(-c2cc(Nc3ccc4c(c3)oc3ccccc34)cc(-c3ccccc3)c2)cc1.c1ccc(-c2cccc(Nc3ccc4c(c3)oc3ccccc34)c2)cc1. The van der Waals surface area contributed by atoms with Crippen molar-refractivity contribution in [2.24, 2.45) is 0 Å². The van der Waals surface area contributed by atoms with Crippen LogP contribution in [-0.2, 0) is 0 Å². The summed E-state index contributed by atoms with van der Waals surface area (Å²) in [5.41, 5.74) is 14.9. The normalized spacial score (nSPS) is 11.1. The van der Waals surface area contributed by atoms with E-state index in [-0.39, 0.29) is 0 Å². The lowest BCUT2D eigenvalue weighted by atomic mass is 9.98. The molecule has 0 aliphatic heterocycles. The lowest BCUT2D eigenvalue weighted by Gasteiger charge is -2.13. The van der Waals surface area contributed by atoms with Crippen LogP contribution in [0.1, 0.15) is 0 Å². The molecule has 2 aromatic heterocycles. The van der Waals surface area contributed by atoms with Gasteiger partial charge in [0.1, 0.15) is 22.3 Å². The molecule has 4 heteroatoms. The van der Waals surface area contributed by atoms with Gasteiger partial charge in [0.15, 0.2) is 0 Å². The molecule has 2 heterocycles. The zero-order valence-electron chi connectivity index (χ0n) is 31.6. The van der Waals surface area contributed by atoms with E-state index in [4.69, 9.17) is 8.83 Å². The van der Waals surface area contributed by atoms with Crippen LogP contribution in [-0.4, -0.2) is 0 Å². The molecule has 276 valence electrons. The van der Waals surface area contributed by atoms with Gasteiger partial charge in [-0.3, -0.25) is 0 Å². The molecular formula is C54H38N2O2. The molecule has 0 fully saturated rings. The lowest BCUT2D eigenvalue weighted by Crippen LogP contribution is -1.92. The van der Waals surface area contributed by atoms with Crippen LogP contribution in [0.25, 0.3) is 77.3 Å². The van der Waals surface area contributed by atoms with E-state index >= 15 is 0 Å². The average Bonchev–Trinajstić information content (AvgIpc) is 3.85. The van der Waals surface area contributed by atoms with Crippen LogP contribution in [0.3, 0.4) is 0 Å². The summed E-state index contributed by atoms with van der Waals surface area (Å²) in [6.07, 6.45) is 0. The Morgan fingerprint density at radius 3 is 1.12 bits per heavy atom. The largest absolute Gasteiger partial charge is 0.456 e. The highest BCUT2D eigenvalue weighted by Gasteiger charge is 2.10. The summed E-state index contributed by atoms with van der Waals surface area (Å²) in [7, 11) is 0. The molecule has 4 nitrogen and oxygen atoms in total. The first-order valence-electron chi connectivity index (χ1n) is 19.5. The number of anilines is 4. The molecule has 11 rings (SSSR count). The summed E-state index contributed by atoms with van der Waals surface area (Å²) < 4.78 is 12.1. The van der Waals surface area contributed by atoms with Crippen molar-refractivity contribution in [2.45, 2.75) is 0 Å². The van der Waals surface area contributed by atoms with Gasteiger partial charge >= 0.3 is 0 Å². The Kier molecular flexibility index (Phi) is 9.18. The lowest BCUT2D eigenvalue weighted by molar-refractivity contribution is 0.668. The van der Waals surface area contributed by atoms with E-state index in [1.54, 1.807) is 0 Å². The topological polar surface area (TPSA) is 50.3 Å². The van der Waals surface area contributed by atoms with E-state index in [1.807, 2.05) is 54.6 Å². The standard InChI is InChI=1S/C30H21NO.C24H17NO/c1-3-9-21(10-4-1)23-17-24(22-11-5-2-6-12-22)19-26(18-23)31-25-15-16-28-27-13-7-8-14-29(27)32-30(28)20-25;1-2-7-17(8-3-1)18-9-6-10-19(15-18)25-20-13-14-22-21-11-4-5-12-23(21)26-24(22)16-20/h1-20,31H;1-16,25H. The molecular weight excluding hydrogens is 709 g/mol. The van der Waals surface area contributed by atoms with Gasteiger partial charge in [0.05, 0.1) is 0 Å². The predicted octanol–water partition coefficient (Wildman–Crippen LogP) is 15.7. The van der Waals surface area contributed by atoms with E-state index < -0.39 is 0 Å². The Balaban J connectivity index is 0.000000144. The van der Waals surface area contributed by atoms with Gasteiger partial charge in [-0.1, -0.05) is 140 Å². The Hall–Kier alpha value is -7.82. The molecule has 0 unspecified atom stereocenters. The second-order valence-electron chi connectivity index (χ2n) is 14.3. The number of benzene rings is 9. The first kappa shape index (κ1) is 34.7. The van der Waals surface area contributed by atoms with Crippen molar-refractivity contribution in [3.05, 3.63) is 218 Å². The van der Waals surface area contributed by atoms with Crippen molar-refractivity contribution >= 4 is 66.6 Å². The summed E-state index contributed by atoms with van der Waals surface area (Å²) in [6.45, 7) is 0. The molecule has 9 aromatic carbocycles. The number of nitrogens with one attached hydrogen (secondary N) is 2. The fourth-order valence-corrected chi connectivity index (χ4v) is 7.64. The van der Waals surface area contributed by atoms with Crippen molar-refractivity contribution in [3.63, 3.8) is 0 Å². The minimum absolute atomic E-state index is 0.888. The van der Waals surface area contributed by atoms with Gasteiger partial charge in [0.25, 0.3) is 0 Å². The fourth-order valence-electron chi connectivity index (χ4n) is 7.64. The molecule has 0 spiro atoms. The van der Waals surface area contributed by atoms with Gasteiger partial charge in [-0.15, -0.1) is 0 Å². The fraction of sp³-hybridized carbons (Fsp3) is 0. The molecule has 0 aliphatic rings. The van der Waals surface area contributed by atoms with Gasteiger partial charge in [-0.05, 0) is 100 Å². The Morgan fingerprint density at radius 2 is 0.603 bits per heavy atom. The third-order valence-electron chi connectivity index (χ3n) is 10.5. The molecule has 0 aliphatic carbocycles. The number of hydrogen-bond donors (Lipinski definition) is 2. The summed E-state index contributed by atoms with van der Waals surface area (Å²) in [4.78, 5) is 0. The van der Waals surface area contributed by atoms with Crippen molar-refractivity contribution in [2.75, 3.05) is 10.6 Å². The maximum atomic E-state index is 6.08. The third kappa shape index (κ3) is 7.18. The Morgan fingerprint density at radius 1 is 0.224 bits per heavy atom. The van der Waals surface area contributed by atoms with E-state index in [1.165, 1.54) is 33.4 Å². The van der Waals surface area contributed by atoms with E-state index in [2.05, 4.69) is 174 Å². The van der Waals surface area contributed by atoms with E-state index in [0.717, 1.165) is 66.6 Å². The summed E-state index contributed by atoms with van der Waals surface area (Å²) in [5, 5.41) is 11.7. The molecule has 0 atom stereocenters. The zero-order chi connectivity index (χ0) is 38.7. The number of para-hydroxylation sites is 2. The summed E-state index contributed by atoms with van der Waals surface area (Å²) in [6, 6.07) is 75.4. The molecule has 0 bridgehead atoms. The number of hydrogen-bond acceptors (Lipinski definition) is 4. The maximum absolute atomic E-state index is 6.08. The zero-order valence-corrected chi connectivity index (χ0v) is 31.6. The van der Waals surface area contributed by atoms with E-state index in [0.29, 0.717) is 0 Å². The second-order valence-corrected chi connectivity index (χ2v) is 14.3. The number of rotatable bonds is 7. The average molecular weight is 747 g/mol. The molecule has 11 aromatic rings. The van der Waals surface area contributed by atoms with Crippen LogP contribution in [0.2, 0.25) is 0 Å². The minimum Gasteiger partial charge on any atom is -0.456 e. The molecule has 0 amide bonds. The molecule has 0 radical (unpaired) electrons. The van der Waals surface area contributed by atoms with Gasteiger partial charge in [0, 0.05) is 56.4 Å². The van der Waals surface area contributed by atoms with Crippen LogP contribution in [0.5, 0.6) is 0 Å². The predicted molar refractivity (Wildman–Crippen MR) is 243 cm³/mol. The summed E-state index contributed by atoms with van der Waals surface area (Å²) >= 11 is 0. The number of furan rings is 2. The molecule has 0 saturated carbocycles. The van der Waals surface area contributed by atoms with Gasteiger partial charge in [-0.25, -0.2) is 0 Å². The van der Waals surface area contributed by atoms with Crippen LogP contribution >= 0.6 is 0 Å². The molecule has 2 N–H and O–H groups in total. The smallest absolute Gasteiger partial charge is 0.137 e. The van der Waals surface area contributed by atoms with Crippen LogP contribution in [0.4, 0.5) is 22.7 Å². The molecule has 0 saturated heterocycles. The highest BCUT2D eigenvalue weighted by molar-refractivity contribution is 6.06. The maximum Gasteiger partial charge on any atom is 0.137 e. The summed E-state index contributed by atoms with van der Waals surface area (Å²) in [5.74, 6) is 0. The van der Waals surface area contributed by atoms with E-state index in [9.17, 15) is 0 Å². The van der Waals surface area contributed by atoms with Crippen molar-refractivity contribution in [1.29, 1.82) is 0 Å². The van der Waals surface area contributed by atoms with Crippen LogP contribution in [0.15, 0.2) is 227 Å². The van der Waals surface area contributed by atoms with Gasteiger partial charge in [0.2, 0.25) is 0 Å². The second kappa shape index (κ2) is 15.4. The van der Waals surface area contributed by atoms with Crippen LogP contribution in [0, 0.1) is 0 Å². The molecule has 58 heavy (non-hydrogen) atoms. The minimum atomic E-state index is 0.888. The van der Waals surface area contributed by atoms with Crippen LogP contribution < -0.4 is 10.6 Å². The Labute approximate surface area is 336 Å². The first-order valence-corrected chi connectivity index (χ1v) is 19.5. The Bertz CT molecular complexity index is 3110. The first-order chi connectivity index (χ1) is 28.7. The van der Waals surface area contributed by atoms with Crippen molar-refractivity contribution in [1.82, 2.24) is 0 Å². The highest BCUT2D eigenvalue weighted by atomic mass is 16.3. The monoisotopic (exact) mass is 746 g/mol. The number of fused-ring (bicyclic) bond motifs is 6. The quantitative estimate of drug-likeness (QED) is 0.170. The third-order valence-corrected chi connectivity index (χ3v) is 10.5. The van der Waals surface area contributed by atoms with Gasteiger partial charge in [-0.2, -0.15) is 0 Å². The van der Waals surface area contributed by atoms with Crippen molar-refractivity contribution in [3.8, 4) is 33.4 Å². The van der Waals surface area contributed by atoms with Gasteiger partial charge < -0.3 is 19.5 Å². The highest BCUT2D eigenvalue weighted by Crippen LogP contribution is 2.35. The van der Waals surface area contributed by atoms with Crippen molar-refractivity contribution < 1.29 is 8.83 Å².